The molecule has 16 heavy (non-hydrogen) atoms. The third-order valence-corrected chi connectivity index (χ3v) is 2.48. The lowest BCUT2D eigenvalue weighted by Crippen LogP contribution is -2.30. The Morgan fingerprint density at radius 3 is 2.25 bits per heavy atom. The molecule has 0 aromatic rings. The summed E-state index contributed by atoms with van der Waals surface area (Å²) in [6.45, 7) is 17.1. The molecule has 1 aliphatic heterocycles. The van der Waals surface area contributed by atoms with Gasteiger partial charge >= 0.3 is 0 Å². The molecule has 3 heteroatoms. The maximum Gasteiger partial charge on any atom is 0.0902 e. The highest BCUT2D eigenvalue weighted by Crippen LogP contribution is 2.32. The lowest BCUT2D eigenvalue weighted by molar-refractivity contribution is 0.254. The molecule has 0 amide bonds. The zero-order valence-electron chi connectivity index (χ0n) is 10.6. The Bertz CT molecular complexity index is 276. The van der Waals surface area contributed by atoms with Crippen molar-refractivity contribution in [3.63, 3.8) is 0 Å². The van der Waals surface area contributed by atoms with E-state index in [4.69, 9.17) is 0 Å². The van der Waals surface area contributed by atoms with Crippen molar-refractivity contribution in [3.05, 3.63) is 37.2 Å². The second kappa shape index (κ2) is 6.33. The SMILES string of the molecule is C=CCN1C=C(C(C)(C)C)N(CC=C)C1.I. The van der Waals surface area contributed by atoms with Crippen LogP contribution in [0.1, 0.15) is 20.8 Å². The van der Waals surface area contributed by atoms with E-state index in [0.29, 0.717) is 0 Å². The van der Waals surface area contributed by atoms with E-state index in [9.17, 15) is 0 Å². The summed E-state index contributed by atoms with van der Waals surface area (Å²) in [5.41, 5.74) is 1.57. The second-order valence-electron chi connectivity index (χ2n) is 4.98. The van der Waals surface area contributed by atoms with Gasteiger partial charge in [-0.2, -0.15) is 0 Å². The summed E-state index contributed by atoms with van der Waals surface area (Å²) in [4.78, 5) is 4.63. The largest absolute Gasteiger partial charge is 0.355 e. The molecule has 0 aliphatic carbocycles. The van der Waals surface area contributed by atoms with Crippen LogP contribution in [0.5, 0.6) is 0 Å². The van der Waals surface area contributed by atoms with Crippen molar-refractivity contribution in [1.82, 2.24) is 9.80 Å². The van der Waals surface area contributed by atoms with Crippen LogP contribution in [-0.4, -0.2) is 29.6 Å². The number of allylic oxidation sites excluding steroid dienone is 1. The normalized spacial score (nSPS) is 15.6. The Labute approximate surface area is 117 Å². The first-order chi connectivity index (χ1) is 6.99. The van der Waals surface area contributed by atoms with Crippen LogP contribution in [0.3, 0.4) is 0 Å². The van der Waals surface area contributed by atoms with Crippen molar-refractivity contribution in [2.45, 2.75) is 20.8 Å². The molecule has 0 atom stereocenters. The van der Waals surface area contributed by atoms with Crippen LogP contribution in [0.15, 0.2) is 37.2 Å². The smallest absolute Gasteiger partial charge is 0.0902 e. The van der Waals surface area contributed by atoms with Gasteiger partial charge in [0, 0.05) is 30.4 Å². The van der Waals surface area contributed by atoms with Crippen LogP contribution in [0.4, 0.5) is 0 Å². The molecule has 2 nitrogen and oxygen atoms in total. The van der Waals surface area contributed by atoms with E-state index < -0.39 is 0 Å². The average molecular weight is 334 g/mol. The van der Waals surface area contributed by atoms with Crippen molar-refractivity contribution in [1.29, 1.82) is 0 Å². The molecule has 0 unspecified atom stereocenters. The summed E-state index contributed by atoms with van der Waals surface area (Å²) in [7, 11) is 0. The van der Waals surface area contributed by atoms with Gasteiger partial charge < -0.3 is 9.80 Å². The highest BCUT2D eigenvalue weighted by Gasteiger charge is 2.28. The topological polar surface area (TPSA) is 6.48 Å². The Hall–Kier alpha value is -0.450. The monoisotopic (exact) mass is 334 g/mol. The maximum atomic E-state index is 3.80. The third-order valence-electron chi connectivity index (χ3n) is 2.48. The van der Waals surface area contributed by atoms with E-state index in [1.807, 2.05) is 12.2 Å². The predicted octanol–water partition coefficient (Wildman–Crippen LogP) is 3.44. The molecule has 0 N–H and O–H groups in total. The number of hydrogen-bond donors (Lipinski definition) is 0. The van der Waals surface area contributed by atoms with Gasteiger partial charge in [0.05, 0.1) is 6.67 Å². The minimum atomic E-state index is 0. The average Bonchev–Trinajstić information content (AvgIpc) is 2.49. The van der Waals surface area contributed by atoms with E-state index in [0.717, 1.165) is 19.8 Å². The van der Waals surface area contributed by atoms with Crippen LogP contribution in [-0.2, 0) is 0 Å². The van der Waals surface area contributed by atoms with E-state index in [1.165, 1.54) is 5.70 Å². The number of nitrogens with zero attached hydrogens (tertiary/aromatic N) is 2. The minimum absolute atomic E-state index is 0. The first-order valence-corrected chi connectivity index (χ1v) is 5.42. The van der Waals surface area contributed by atoms with Crippen molar-refractivity contribution in [3.8, 4) is 0 Å². The summed E-state index contributed by atoms with van der Waals surface area (Å²) in [5.74, 6) is 0. The molecule has 92 valence electrons. The van der Waals surface area contributed by atoms with Crippen molar-refractivity contribution in [2.75, 3.05) is 19.8 Å². The molecule has 0 aromatic carbocycles. The van der Waals surface area contributed by atoms with Gasteiger partial charge in [-0.15, -0.1) is 37.1 Å². The summed E-state index contributed by atoms with van der Waals surface area (Å²) < 4.78 is 0. The Kier molecular flexibility index (Phi) is 6.15. The summed E-state index contributed by atoms with van der Waals surface area (Å²) in [6, 6.07) is 0. The van der Waals surface area contributed by atoms with E-state index in [1.54, 1.807) is 0 Å². The van der Waals surface area contributed by atoms with Crippen molar-refractivity contribution < 1.29 is 0 Å². The molecule has 1 rings (SSSR count). The Balaban J connectivity index is 0.00000225. The van der Waals surface area contributed by atoms with Gasteiger partial charge in [-0.3, -0.25) is 0 Å². The highest BCUT2D eigenvalue weighted by atomic mass is 127. The highest BCUT2D eigenvalue weighted by molar-refractivity contribution is 14.0. The molecular formula is C13H23IN2. The lowest BCUT2D eigenvalue weighted by Gasteiger charge is -2.29. The minimum Gasteiger partial charge on any atom is -0.355 e. The molecule has 1 heterocycles. The zero-order valence-corrected chi connectivity index (χ0v) is 12.9. The first kappa shape index (κ1) is 15.6. The first-order valence-electron chi connectivity index (χ1n) is 5.42. The lowest BCUT2D eigenvalue weighted by atomic mass is 9.92. The molecule has 0 saturated heterocycles. The number of halogens is 1. The Morgan fingerprint density at radius 2 is 1.81 bits per heavy atom. The van der Waals surface area contributed by atoms with Crippen molar-refractivity contribution >= 4 is 24.0 Å². The maximum absolute atomic E-state index is 3.80. The molecular weight excluding hydrogens is 311 g/mol. The Morgan fingerprint density at radius 1 is 1.25 bits per heavy atom. The van der Waals surface area contributed by atoms with Gasteiger partial charge in [0.2, 0.25) is 0 Å². The van der Waals surface area contributed by atoms with Crippen LogP contribution in [0.2, 0.25) is 0 Å². The molecule has 0 saturated carbocycles. The van der Waals surface area contributed by atoms with Gasteiger partial charge in [0.25, 0.3) is 0 Å². The molecule has 0 radical (unpaired) electrons. The van der Waals surface area contributed by atoms with E-state index in [-0.39, 0.29) is 29.4 Å². The molecule has 0 spiro atoms. The van der Waals surface area contributed by atoms with E-state index in [2.05, 4.69) is 49.9 Å². The third kappa shape index (κ3) is 3.85. The fourth-order valence-electron chi connectivity index (χ4n) is 1.85. The number of hydrogen-bond acceptors (Lipinski definition) is 2. The van der Waals surface area contributed by atoms with E-state index >= 15 is 0 Å². The van der Waals surface area contributed by atoms with Crippen LogP contribution >= 0.6 is 24.0 Å². The van der Waals surface area contributed by atoms with Crippen LogP contribution in [0.25, 0.3) is 0 Å². The van der Waals surface area contributed by atoms with Gasteiger partial charge in [-0.05, 0) is 0 Å². The fraction of sp³-hybridized carbons (Fsp3) is 0.538. The predicted molar refractivity (Wildman–Crippen MR) is 81.6 cm³/mol. The van der Waals surface area contributed by atoms with Gasteiger partial charge in [0.1, 0.15) is 0 Å². The molecule has 1 aliphatic rings. The number of rotatable bonds is 4. The summed E-state index contributed by atoms with van der Waals surface area (Å²) in [6.07, 6.45) is 6.14. The van der Waals surface area contributed by atoms with Crippen LogP contribution < -0.4 is 0 Å². The van der Waals surface area contributed by atoms with Crippen molar-refractivity contribution in [2.24, 2.45) is 5.41 Å². The van der Waals surface area contributed by atoms with Gasteiger partial charge in [-0.1, -0.05) is 32.9 Å². The molecule has 0 fully saturated rings. The molecule has 0 bridgehead atoms. The quantitative estimate of drug-likeness (QED) is 0.574. The standard InChI is InChI=1S/C13H22N2.HI/c1-6-8-14-10-12(13(3,4)5)15(11-14)9-7-2;/h6-7,10H,1-2,8-9,11H2,3-5H3;1H. The fourth-order valence-corrected chi connectivity index (χ4v) is 1.85. The van der Waals surface area contributed by atoms with Crippen LogP contribution in [0, 0.1) is 5.41 Å². The zero-order chi connectivity index (χ0) is 11.5. The van der Waals surface area contributed by atoms with Gasteiger partial charge in [0.15, 0.2) is 0 Å². The second-order valence-corrected chi connectivity index (χ2v) is 4.98. The summed E-state index contributed by atoms with van der Waals surface area (Å²) in [5, 5.41) is 0. The van der Waals surface area contributed by atoms with Gasteiger partial charge in [-0.25, -0.2) is 0 Å². The molecule has 0 aromatic heterocycles. The summed E-state index contributed by atoms with van der Waals surface area (Å²) >= 11 is 0.